The number of nitrogens with zero attached hydrogens (tertiary/aromatic N) is 1. The van der Waals surface area contributed by atoms with Gasteiger partial charge in [0.25, 0.3) is 0 Å². The lowest BCUT2D eigenvalue weighted by Crippen LogP contribution is -2.43. The predicted molar refractivity (Wildman–Crippen MR) is 81.5 cm³/mol. The number of carbonyl (C=O) groups is 1. The largest absolute Gasteiger partial charge is 0.340 e. The van der Waals surface area contributed by atoms with Crippen molar-refractivity contribution in [2.24, 2.45) is 11.8 Å². The number of nitrogens with one attached hydrogen (secondary N) is 1. The SMILES string of the molecule is CC1CCCC(C)N(C(=O)CC2CC3CCC(C2)N3)C1. The second kappa shape index (κ2) is 6.05. The highest BCUT2D eigenvalue weighted by Crippen LogP contribution is 2.33. The quantitative estimate of drug-likeness (QED) is 0.842. The molecule has 3 heterocycles. The molecule has 3 nitrogen and oxygen atoms in total. The van der Waals surface area contributed by atoms with E-state index in [-0.39, 0.29) is 0 Å². The van der Waals surface area contributed by atoms with Crippen LogP contribution < -0.4 is 5.32 Å². The summed E-state index contributed by atoms with van der Waals surface area (Å²) in [6, 6.07) is 1.85. The molecule has 4 atom stereocenters. The second-order valence-electron chi connectivity index (χ2n) is 7.61. The van der Waals surface area contributed by atoms with Crippen molar-refractivity contribution in [2.75, 3.05) is 6.54 Å². The zero-order valence-corrected chi connectivity index (χ0v) is 13.1. The minimum Gasteiger partial charge on any atom is -0.340 e. The number of fused-ring (bicyclic) bond motifs is 2. The lowest BCUT2D eigenvalue weighted by Gasteiger charge is -2.33. The van der Waals surface area contributed by atoms with Crippen LogP contribution >= 0.6 is 0 Å². The highest BCUT2D eigenvalue weighted by atomic mass is 16.2. The summed E-state index contributed by atoms with van der Waals surface area (Å²) >= 11 is 0. The van der Waals surface area contributed by atoms with Gasteiger partial charge in [-0.3, -0.25) is 4.79 Å². The van der Waals surface area contributed by atoms with Gasteiger partial charge in [0, 0.05) is 31.1 Å². The van der Waals surface area contributed by atoms with Gasteiger partial charge in [-0.2, -0.15) is 0 Å². The second-order valence-corrected chi connectivity index (χ2v) is 7.61. The molecule has 2 bridgehead atoms. The van der Waals surface area contributed by atoms with E-state index in [9.17, 15) is 4.79 Å². The fourth-order valence-electron chi connectivity index (χ4n) is 4.58. The van der Waals surface area contributed by atoms with Gasteiger partial charge in [0.2, 0.25) is 5.91 Å². The maximum Gasteiger partial charge on any atom is 0.223 e. The molecule has 3 rings (SSSR count). The van der Waals surface area contributed by atoms with Crippen LogP contribution in [0.3, 0.4) is 0 Å². The molecular formula is C17H30N2O. The van der Waals surface area contributed by atoms with Gasteiger partial charge in [-0.25, -0.2) is 0 Å². The summed E-state index contributed by atoms with van der Waals surface area (Å²) in [5.41, 5.74) is 0. The van der Waals surface area contributed by atoms with E-state index < -0.39 is 0 Å². The van der Waals surface area contributed by atoms with E-state index in [2.05, 4.69) is 24.1 Å². The number of carbonyl (C=O) groups excluding carboxylic acids is 1. The molecule has 20 heavy (non-hydrogen) atoms. The molecule has 0 aromatic carbocycles. The highest BCUT2D eigenvalue weighted by Gasteiger charge is 2.35. The van der Waals surface area contributed by atoms with E-state index in [1.165, 1.54) is 44.9 Å². The molecule has 114 valence electrons. The lowest BCUT2D eigenvalue weighted by atomic mass is 9.89. The molecule has 3 fully saturated rings. The van der Waals surface area contributed by atoms with Gasteiger partial charge in [0.1, 0.15) is 0 Å². The van der Waals surface area contributed by atoms with Crippen molar-refractivity contribution in [1.82, 2.24) is 10.2 Å². The summed E-state index contributed by atoms with van der Waals surface area (Å²) in [7, 11) is 0. The number of hydrogen-bond donors (Lipinski definition) is 1. The van der Waals surface area contributed by atoms with E-state index in [1.54, 1.807) is 0 Å². The van der Waals surface area contributed by atoms with Gasteiger partial charge in [0.15, 0.2) is 0 Å². The van der Waals surface area contributed by atoms with Crippen LogP contribution in [0.25, 0.3) is 0 Å². The Morgan fingerprint density at radius 2 is 1.80 bits per heavy atom. The van der Waals surface area contributed by atoms with Crippen LogP contribution in [0.2, 0.25) is 0 Å². The first kappa shape index (κ1) is 14.4. The van der Waals surface area contributed by atoms with Crippen LogP contribution in [-0.4, -0.2) is 35.5 Å². The van der Waals surface area contributed by atoms with Crippen LogP contribution in [-0.2, 0) is 4.79 Å². The van der Waals surface area contributed by atoms with E-state index in [0.717, 1.165) is 13.0 Å². The van der Waals surface area contributed by atoms with Gasteiger partial charge in [-0.15, -0.1) is 0 Å². The number of piperidine rings is 1. The molecule has 0 saturated carbocycles. The molecule has 0 spiro atoms. The molecule has 3 saturated heterocycles. The topological polar surface area (TPSA) is 32.3 Å². The summed E-state index contributed by atoms with van der Waals surface area (Å²) in [4.78, 5) is 14.9. The summed E-state index contributed by atoms with van der Waals surface area (Å²) in [6.45, 7) is 5.52. The first-order valence-electron chi connectivity index (χ1n) is 8.67. The van der Waals surface area contributed by atoms with Crippen molar-refractivity contribution < 1.29 is 4.79 Å². The fraction of sp³-hybridized carbons (Fsp3) is 0.941. The Bertz CT molecular complexity index is 345. The average molecular weight is 278 g/mol. The van der Waals surface area contributed by atoms with Crippen LogP contribution in [0.1, 0.15) is 65.2 Å². The number of hydrogen-bond acceptors (Lipinski definition) is 2. The maximum absolute atomic E-state index is 12.7. The fourth-order valence-corrected chi connectivity index (χ4v) is 4.58. The number of amides is 1. The highest BCUT2D eigenvalue weighted by molar-refractivity contribution is 5.76. The molecule has 3 aliphatic rings. The molecule has 0 radical (unpaired) electrons. The van der Waals surface area contributed by atoms with Crippen LogP contribution in [0, 0.1) is 11.8 Å². The molecule has 0 aliphatic carbocycles. The third-order valence-corrected chi connectivity index (χ3v) is 5.71. The normalized spacial score (nSPS) is 41.5. The van der Waals surface area contributed by atoms with Crippen LogP contribution in [0.5, 0.6) is 0 Å². The van der Waals surface area contributed by atoms with E-state index in [0.29, 0.717) is 35.9 Å². The Hall–Kier alpha value is -0.570. The lowest BCUT2D eigenvalue weighted by molar-refractivity contribution is -0.134. The zero-order chi connectivity index (χ0) is 14.1. The number of rotatable bonds is 2. The minimum absolute atomic E-state index is 0.428. The molecular weight excluding hydrogens is 248 g/mol. The van der Waals surface area contributed by atoms with Crippen molar-refractivity contribution in [2.45, 2.75) is 83.3 Å². The molecule has 3 heteroatoms. The van der Waals surface area contributed by atoms with Crippen molar-refractivity contribution in [3.63, 3.8) is 0 Å². The standard InChI is InChI=1S/C17H30N2O/c1-12-4-3-5-13(2)19(11-12)17(20)10-14-8-15-6-7-16(9-14)18-15/h12-16,18H,3-11H2,1-2H3. The first-order valence-corrected chi connectivity index (χ1v) is 8.67. The van der Waals surface area contributed by atoms with Crippen LogP contribution in [0.15, 0.2) is 0 Å². The molecule has 4 unspecified atom stereocenters. The Morgan fingerprint density at radius 3 is 2.50 bits per heavy atom. The summed E-state index contributed by atoms with van der Waals surface area (Å²) in [5, 5.41) is 3.67. The smallest absolute Gasteiger partial charge is 0.223 e. The van der Waals surface area contributed by atoms with Crippen LogP contribution in [0.4, 0.5) is 0 Å². The Balaban J connectivity index is 1.57. The van der Waals surface area contributed by atoms with Crippen molar-refractivity contribution in [1.29, 1.82) is 0 Å². The van der Waals surface area contributed by atoms with Crippen molar-refractivity contribution >= 4 is 5.91 Å². The summed E-state index contributed by atoms with van der Waals surface area (Å²) in [5.74, 6) is 1.73. The van der Waals surface area contributed by atoms with Gasteiger partial charge in [-0.1, -0.05) is 13.3 Å². The predicted octanol–water partition coefficient (Wildman–Crippen LogP) is 2.94. The monoisotopic (exact) mass is 278 g/mol. The zero-order valence-electron chi connectivity index (χ0n) is 13.1. The Labute approximate surface area is 123 Å². The molecule has 1 N–H and O–H groups in total. The van der Waals surface area contributed by atoms with Gasteiger partial charge >= 0.3 is 0 Å². The minimum atomic E-state index is 0.428. The molecule has 3 aliphatic heterocycles. The first-order chi connectivity index (χ1) is 9.61. The van der Waals surface area contributed by atoms with Crippen molar-refractivity contribution in [3.8, 4) is 0 Å². The third-order valence-electron chi connectivity index (χ3n) is 5.71. The van der Waals surface area contributed by atoms with Crippen molar-refractivity contribution in [3.05, 3.63) is 0 Å². The summed E-state index contributed by atoms with van der Waals surface area (Å²) in [6.07, 6.45) is 9.65. The molecule has 1 amide bonds. The summed E-state index contributed by atoms with van der Waals surface area (Å²) < 4.78 is 0. The van der Waals surface area contributed by atoms with Gasteiger partial charge in [-0.05, 0) is 57.3 Å². The Morgan fingerprint density at radius 1 is 1.10 bits per heavy atom. The maximum atomic E-state index is 12.7. The van der Waals surface area contributed by atoms with E-state index >= 15 is 0 Å². The van der Waals surface area contributed by atoms with E-state index in [1.807, 2.05) is 0 Å². The third kappa shape index (κ3) is 3.19. The molecule has 0 aromatic heterocycles. The van der Waals surface area contributed by atoms with E-state index in [4.69, 9.17) is 0 Å². The Kier molecular flexibility index (Phi) is 4.34. The van der Waals surface area contributed by atoms with Gasteiger partial charge in [0.05, 0.1) is 0 Å². The van der Waals surface area contributed by atoms with Gasteiger partial charge < -0.3 is 10.2 Å². The number of likely N-dealkylation sites (tertiary alicyclic amines) is 1. The average Bonchev–Trinajstić information content (AvgIpc) is 2.64. The molecule has 0 aromatic rings.